The van der Waals surface area contributed by atoms with Gasteiger partial charge in [-0.15, -0.1) is 0 Å². The van der Waals surface area contributed by atoms with E-state index in [0.29, 0.717) is 5.69 Å². The molecule has 2 rings (SSSR count). The van der Waals surface area contributed by atoms with Crippen molar-refractivity contribution in [2.75, 3.05) is 25.0 Å². The Balaban J connectivity index is 2.01. The van der Waals surface area contributed by atoms with Gasteiger partial charge >= 0.3 is 0 Å². The van der Waals surface area contributed by atoms with E-state index in [1.807, 2.05) is 18.2 Å². The van der Waals surface area contributed by atoms with Crippen molar-refractivity contribution in [1.82, 2.24) is 4.90 Å². The highest BCUT2D eigenvalue weighted by atomic mass is 16.5. The molecular weight excluding hydrogens is 302 g/mol. The molecule has 1 heterocycles. The number of nitriles is 3. The maximum atomic E-state index is 9.04. The Morgan fingerprint density at radius 1 is 1.21 bits per heavy atom. The summed E-state index contributed by atoms with van der Waals surface area (Å²) in [5.74, 6) is 0.770. The number of nitrogens with one attached hydrogen (secondary N) is 1. The Labute approximate surface area is 142 Å². The average Bonchev–Trinajstić information content (AvgIpc) is 2.63. The molecule has 6 nitrogen and oxygen atoms in total. The fourth-order valence-corrected chi connectivity index (χ4v) is 2.63. The van der Waals surface area contributed by atoms with Crippen LogP contribution in [0.2, 0.25) is 0 Å². The standard InChI is InChI=1S/C18H19N5O/c1-2-23-9-3-4-17(13-23)24-16-7-5-15(6-8-16)22-18(12-21)14(10-19)11-20/h5-8,17,22H,2-4,9,13H2,1H3. The van der Waals surface area contributed by atoms with Crippen LogP contribution in [-0.4, -0.2) is 30.6 Å². The molecule has 0 saturated carbocycles. The summed E-state index contributed by atoms with van der Waals surface area (Å²) in [6, 6.07) is 12.4. The van der Waals surface area contributed by atoms with Crippen molar-refractivity contribution in [3.8, 4) is 24.0 Å². The van der Waals surface area contributed by atoms with Gasteiger partial charge in [-0.25, -0.2) is 0 Å². The molecule has 1 aliphatic rings. The lowest BCUT2D eigenvalue weighted by atomic mass is 10.1. The molecule has 1 saturated heterocycles. The molecule has 24 heavy (non-hydrogen) atoms. The zero-order valence-corrected chi connectivity index (χ0v) is 13.6. The highest BCUT2D eigenvalue weighted by molar-refractivity contribution is 5.58. The Hall–Kier alpha value is -3.01. The van der Waals surface area contributed by atoms with Crippen LogP contribution < -0.4 is 10.1 Å². The van der Waals surface area contributed by atoms with Gasteiger partial charge in [-0.3, -0.25) is 4.90 Å². The molecule has 1 N–H and O–H groups in total. The summed E-state index contributed by atoms with van der Waals surface area (Å²) in [6.07, 6.45) is 2.38. The van der Waals surface area contributed by atoms with Crippen LogP contribution in [0.3, 0.4) is 0 Å². The van der Waals surface area contributed by atoms with E-state index in [2.05, 4.69) is 17.1 Å². The van der Waals surface area contributed by atoms with Gasteiger partial charge in [0.1, 0.15) is 35.8 Å². The van der Waals surface area contributed by atoms with E-state index in [4.69, 9.17) is 20.5 Å². The molecule has 1 fully saturated rings. The van der Waals surface area contributed by atoms with Crippen LogP contribution in [0, 0.1) is 34.0 Å². The van der Waals surface area contributed by atoms with Gasteiger partial charge in [0.15, 0.2) is 5.57 Å². The molecule has 1 aliphatic heterocycles. The summed E-state index contributed by atoms with van der Waals surface area (Å²) in [5.41, 5.74) is 0.333. The second-order valence-corrected chi connectivity index (χ2v) is 5.51. The van der Waals surface area contributed by atoms with E-state index < -0.39 is 0 Å². The Morgan fingerprint density at radius 2 is 1.92 bits per heavy atom. The number of likely N-dealkylation sites (tertiary alicyclic amines) is 1. The van der Waals surface area contributed by atoms with Crippen molar-refractivity contribution in [2.45, 2.75) is 25.9 Å². The van der Waals surface area contributed by atoms with Crippen LogP contribution in [-0.2, 0) is 0 Å². The highest BCUT2D eigenvalue weighted by Gasteiger charge is 2.19. The number of nitrogens with zero attached hydrogens (tertiary/aromatic N) is 4. The predicted octanol–water partition coefficient (Wildman–Crippen LogP) is 2.79. The first-order chi connectivity index (χ1) is 11.7. The molecule has 1 atom stereocenters. The lowest BCUT2D eigenvalue weighted by Gasteiger charge is -2.32. The number of benzene rings is 1. The van der Waals surface area contributed by atoms with Crippen molar-refractivity contribution in [3.63, 3.8) is 0 Å². The SMILES string of the molecule is CCN1CCCC(Oc2ccc(NC(C#N)=C(C#N)C#N)cc2)C1. The molecule has 0 radical (unpaired) electrons. The molecular formula is C18H19N5O. The Kier molecular flexibility index (Phi) is 6.20. The molecule has 0 spiro atoms. The quantitative estimate of drug-likeness (QED) is 0.838. The molecule has 6 heteroatoms. The van der Waals surface area contributed by atoms with E-state index in [1.54, 1.807) is 24.3 Å². The molecule has 122 valence electrons. The summed E-state index contributed by atoms with van der Waals surface area (Å²) >= 11 is 0. The molecule has 0 amide bonds. The van der Waals surface area contributed by atoms with Crippen LogP contribution in [0.1, 0.15) is 19.8 Å². The van der Waals surface area contributed by atoms with Gasteiger partial charge in [-0.2, -0.15) is 15.8 Å². The lowest BCUT2D eigenvalue weighted by Crippen LogP contribution is -2.40. The van der Waals surface area contributed by atoms with Crippen molar-refractivity contribution >= 4 is 5.69 Å². The summed E-state index contributed by atoms with van der Waals surface area (Å²) in [4.78, 5) is 2.37. The van der Waals surface area contributed by atoms with E-state index in [1.165, 1.54) is 0 Å². The van der Waals surface area contributed by atoms with Gasteiger partial charge in [-0.05, 0) is 50.2 Å². The smallest absolute Gasteiger partial charge is 0.163 e. The maximum absolute atomic E-state index is 9.04. The molecule has 0 aliphatic carbocycles. The van der Waals surface area contributed by atoms with E-state index in [0.717, 1.165) is 38.2 Å². The van der Waals surface area contributed by atoms with E-state index >= 15 is 0 Å². The molecule has 1 unspecified atom stereocenters. The minimum Gasteiger partial charge on any atom is -0.489 e. The van der Waals surface area contributed by atoms with Crippen LogP contribution >= 0.6 is 0 Å². The van der Waals surface area contributed by atoms with Gasteiger partial charge < -0.3 is 10.1 Å². The number of rotatable bonds is 5. The first-order valence-corrected chi connectivity index (χ1v) is 7.90. The van der Waals surface area contributed by atoms with Crippen molar-refractivity contribution in [1.29, 1.82) is 15.8 Å². The Morgan fingerprint density at radius 3 is 2.50 bits per heavy atom. The first kappa shape index (κ1) is 17.3. The van der Waals surface area contributed by atoms with Gasteiger partial charge in [0.05, 0.1) is 0 Å². The fraction of sp³-hybridized carbons (Fsp3) is 0.389. The number of hydrogen-bond acceptors (Lipinski definition) is 6. The summed E-state index contributed by atoms with van der Waals surface area (Å²) in [6.45, 7) is 5.25. The Bertz CT molecular complexity index is 702. The summed E-state index contributed by atoms with van der Waals surface area (Å²) in [5, 5.41) is 29.5. The molecule has 0 aromatic heterocycles. The number of anilines is 1. The van der Waals surface area contributed by atoms with Crippen LogP contribution in [0.25, 0.3) is 0 Å². The highest BCUT2D eigenvalue weighted by Crippen LogP contribution is 2.21. The van der Waals surface area contributed by atoms with Gasteiger partial charge in [0.2, 0.25) is 0 Å². The van der Waals surface area contributed by atoms with Crippen LogP contribution in [0.15, 0.2) is 35.5 Å². The second kappa shape index (κ2) is 8.58. The molecule has 0 bridgehead atoms. The zero-order chi connectivity index (χ0) is 17.4. The second-order valence-electron chi connectivity index (χ2n) is 5.51. The largest absolute Gasteiger partial charge is 0.489 e. The van der Waals surface area contributed by atoms with Crippen molar-refractivity contribution in [2.24, 2.45) is 0 Å². The first-order valence-electron chi connectivity index (χ1n) is 7.90. The summed E-state index contributed by atoms with van der Waals surface area (Å²) in [7, 11) is 0. The topological polar surface area (TPSA) is 95.9 Å². The minimum absolute atomic E-state index is 0.0560. The van der Waals surface area contributed by atoms with Crippen LogP contribution in [0.5, 0.6) is 5.75 Å². The van der Waals surface area contributed by atoms with Crippen molar-refractivity contribution < 1.29 is 4.74 Å². The van der Waals surface area contributed by atoms with Gasteiger partial charge in [-0.1, -0.05) is 6.92 Å². The van der Waals surface area contributed by atoms with Crippen LogP contribution in [0.4, 0.5) is 5.69 Å². The average molecular weight is 321 g/mol. The third-order valence-electron chi connectivity index (χ3n) is 3.92. The third kappa shape index (κ3) is 4.49. The predicted molar refractivity (Wildman–Crippen MR) is 89.7 cm³/mol. The van der Waals surface area contributed by atoms with Crippen molar-refractivity contribution in [3.05, 3.63) is 35.5 Å². The number of ether oxygens (including phenoxy) is 1. The number of likely N-dealkylation sites (N-methyl/N-ethyl adjacent to an activating group) is 1. The summed E-state index contributed by atoms with van der Waals surface area (Å²) < 4.78 is 6.01. The monoisotopic (exact) mass is 321 g/mol. The lowest BCUT2D eigenvalue weighted by molar-refractivity contribution is 0.0920. The van der Waals surface area contributed by atoms with Gasteiger partial charge in [0, 0.05) is 12.2 Å². The molecule has 1 aromatic carbocycles. The van der Waals surface area contributed by atoms with E-state index in [9.17, 15) is 0 Å². The van der Waals surface area contributed by atoms with Gasteiger partial charge in [0.25, 0.3) is 0 Å². The fourth-order valence-electron chi connectivity index (χ4n) is 2.63. The molecule has 1 aromatic rings. The minimum atomic E-state index is -0.236. The zero-order valence-electron chi connectivity index (χ0n) is 13.6. The number of allylic oxidation sites excluding steroid dienone is 2. The van der Waals surface area contributed by atoms with E-state index in [-0.39, 0.29) is 17.4 Å². The normalized spacial score (nSPS) is 17.0. The maximum Gasteiger partial charge on any atom is 0.163 e. The third-order valence-corrected chi connectivity index (χ3v) is 3.92. The number of piperidine rings is 1. The number of hydrogen-bond donors (Lipinski definition) is 1.